The summed E-state index contributed by atoms with van der Waals surface area (Å²) in [6, 6.07) is 5.60. The number of hydrogen-bond donors (Lipinski definition) is 3. The fraction of sp³-hybridized carbons (Fsp3) is 0.696. The number of ether oxygens (including phenoxy) is 1. The Bertz CT molecular complexity index is 768. The molecule has 1 aromatic rings. The van der Waals surface area contributed by atoms with E-state index in [1.54, 1.807) is 13.2 Å². The van der Waals surface area contributed by atoms with Crippen molar-refractivity contribution in [3.05, 3.63) is 29.6 Å². The van der Waals surface area contributed by atoms with Crippen molar-refractivity contribution in [3.63, 3.8) is 0 Å². The predicted octanol–water partition coefficient (Wildman–Crippen LogP) is 3.66. The van der Waals surface area contributed by atoms with Gasteiger partial charge in [-0.15, -0.1) is 24.0 Å². The van der Waals surface area contributed by atoms with Gasteiger partial charge in [-0.05, 0) is 50.8 Å². The first-order valence-electron chi connectivity index (χ1n) is 11.0. The number of methoxy groups -OCH3 is 1. The summed E-state index contributed by atoms with van der Waals surface area (Å²) >= 11 is 0. The number of hydrogen-bond acceptors (Lipinski definition) is 4. The second-order valence-electron chi connectivity index (χ2n) is 9.26. The molecular formula is C23H38FIN4O2. The van der Waals surface area contributed by atoms with Gasteiger partial charge in [0.05, 0.1) is 23.9 Å². The molecular weight excluding hydrogens is 510 g/mol. The average Bonchev–Trinajstić information content (AvgIpc) is 2.72. The first kappa shape index (κ1) is 26.1. The molecule has 0 bridgehead atoms. The molecule has 176 valence electrons. The van der Waals surface area contributed by atoms with Crippen LogP contribution in [0.15, 0.2) is 23.2 Å². The minimum Gasteiger partial charge on any atom is -0.393 e. The molecule has 1 aliphatic carbocycles. The zero-order valence-electron chi connectivity index (χ0n) is 19.4. The third-order valence-corrected chi connectivity index (χ3v) is 7.17. The summed E-state index contributed by atoms with van der Waals surface area (Å²) in [5.74, 6) is 0.510. The Labute approximate surface area is 203 Å². The third-order valence-electron chi connectivity index (χ3n) is 7.17. The van der Waals surface area contributed by atoms with Gasteiger partial charge in [0.1, 0.15) is 5.82 Å². The smallest absolute Gasteiger partial charge is 0.191 e. The summed E-state index contributed by atoms with van der Waals surface area (Å²) in [6.45, 7) is 11.1. The van der Waals surface area contributed by atoms with Crippen LogP contribution in [-0.2, 0) is 11.3 Å². The van der Waals surface area contributed by atoms with E-state index in [0.717, 1.165) is 24.5 Å². The lowest BCUT2D eigenvalue weighted by atomic mass is 9.56. The summed E-state index contributed by atoms with van der Waals surface area (Å²) < 4.78 is 20.4. The zero-order valence-corrected chi connectivity index (χ0v) is 21.7. The Morgan fingerprint density at radius 3 is 2.52 bits per heavy atom. The second-order valence-corrected chi connectivity index (χ2v) is 9.26. The Kier molecular flexibility index (Phi) is 8.98. The third kappa shape index (κ3) is 5.63. The molecule has 0 aromatic heterocycles. The van der Waals surface area contributed by atoms with Gasteiger partial charge in [-0.1, -0.05) is 19.9 Å². The van der Waals surface area contributed by atoms with Crippen LogP contribution in [-0.4, -0.2) is 55.6 Å². The summed E-state index contributed by atoms with van der Waals surface area (Å²) in [5.41, 5.74) is 1.27. The quantitative estimate of drug-likeness (QED) is 0.288. The number of anilines is 1. The van der Waals surface area contributed by atoms with Crippen LogP contribution in [0.25, 0.3) is 0 Å². The van der Waals surface area contributed by atoms with Crippen LogP contribution in [0.5, 0.6) is 0 Å². The van der Waals surface area contributed by atoms with Gasteiger partial charge in [0.25, 0.3) is 0 Å². The Hall–Kier alpha value is -1.13. The highest BCUT2D eigenvalue weighted by Gasteiger charge is 2.58. The molecule has 1 heterocycles. The van der Waals surface area contributed by atoms with Gasteiger partial charge in [0.2, 0.25) is 0 Å². The van der Waals surface area contributed by atoms with E-state index in [4.69, 9.17) is 4.74 Å². The topological polar surface area (TPSA) is 69.1 Å². The maximum atomic E-state index is 14.7. The van der Waals surface area contributed by atoms with Crippen molar-refractivity contribution >= 4 is 35.6 Å². The molecule has 3 rings (SSSR count). The summed E-state index contributed by atoms with van der Waals surface area (Å²) in [5, 5.41) is 16.5. The highest BCUT2D eigenvalue weighted by atomic mass is 127. The van der Waals surface area contributed by atoms with Gasteiger partial charge in [-0.25, -0.2) is 9.38 Å². The molecule has 1 saturated carbocycles. The number of rotatable bonds is 6. The van der Waals surface area contributed by atoms with E-state index in [-0.39, 0.29) is 53.0 Å². The minimum atomic E-state index is -0.266. The molecule has 3 N–H and O–H groups in total. The van der Waals surface area contributed by atoms with E-state index < -0.39 is 0 Å². The van der Waals surface area contributed by atoms with E-state index >= 15 is 0 Å². The van der Waals surface area contributed by atoms with Crippen molar-refractivity contribution in [1.82, 2.24) is 10.6 Å². The van der Waals surface area contributed by atoms with Gasteiger partial charge in [0, 0.05) is 38.2 Å². The number of aliphatic imine (C=N–C) groups is 1. The van der Waals surface area contributed by atoms with Crippen LogP contribution in [0.4, 0.5) is 10.1 Å². The van der Waals surface area contributed by atoms with Crippen LogP contribution in [0.1, 0.15) is 52.5 Å². The number of guanidine groups is 1. The fourth-order valence-electron chi connectivity index (χ4n) is 4.39. The van der Waals surface area contributed by atoms with Crippen LogP contribution in [0.2, 0.25) is 0 Å². The Morgan fingerprint density at radius 1 is 1.29 bits per heavy atom. The Balaban J connectivity index is 0.00000341. The second kappa shape index (κ2) is 10.7. The summed E-state index contributed by atoms with van der Waals surface area (Å²) in [7, 11) is 1.77. The standard InChI is InChI=1S/C23H37FN4O2.HI/c1-6-25-21(27-20-14-23(4,30-5)22(20,2)3)26-15-16-7-8-19(18(24)13-16)28-11-9-17(29)10-12-28;/h7-8,13,17,20,29H,6,9-12,14-15H2,1-5H3,(H2,25,26,27);1H. The molecule has 6 nitrogen and oxygen atoms in total. The van der Waals surface area contributed by atoms with Crippen LogP contribution >= 0.6 is 24.0 Å². The molecule has 2 atom stereocenters. The molecule has 0 amide bonds. The molecule has 0 spiro atoms. The van der Waals surface area contributed by atoms with Crippen molar-refractivity contribution in [2.45, 2.75) is 71.2 Å². The fourth-order valence-corrected chi connectivity index (χ4v) is 4.39. The van der Waals surface area contributed by atoms with Crippen molar-refractivity contribution < 1.29 is 14.2 Å². The van der Waals surface area contributed by atoms with E-state index in [0.29, 0.717) is 38.2 Å². The number of halogens is 2. The highest BCUT2D eigenvalue weighted by Crippen LogP contribution is 2.51. The Morgan fingerprint density at radius 2 is 1.97 bits per heavy atom. The summed E-state index contributed by atoms with van der Waals surface area (Å²) in [4.78, 5) is 6.68. The molecule has 0 radical (unpaired) electrons. The van der Waals surface area contributed by atoms with E-state index in [1.165, 1.54) is 0 Å². The number of aliphatic hydroxyl groups is 1. The molecule has 1 aromatic carbocycles. The van der Waals surface area contributed by atoms with Gasteiger partial charge in [-0.2, -0.15) is 0 Å². The largest absolute Gasteiger partial charge is 0.393 e. The van der Waals surface area contributed by atoms with Gasteiger partial charge in [0.15, 0.2) is 5.96 Å². The number of piperidine rings is 1. The van der Waals surface area contributed by atoms with E-state index in [1.807, 2.05) is 24.0 Å². The minimum absolute atomic E-state index is 0. The number of nitrogens with one attached hydrogen (secondary N) is 2. The SMILES string of the molecule is CCNC(=NCc1ccc(N2CCC(O)CC2)c(F)c1)NC1CC(C)(OC)C1(C)C.I. The monoisotopic (exact) mass is 548 g/mol. The van der Waals surface area contributed by atoms with Gasteiger partial charge < -0.3 is 25.4 Å². The van der Waals surface area contributed by atoms with Crippen molar-refractivity contribution in [3.8, 4) is 0 Å². The number of benzene rings is 1. The molecule has 31 heavy (non-hydrogen) atoms. The lowest BCUT2D eigenvalue weighted by Crippen LogP contribution is -2.69. The molecule has 2 unspecified atom stereocenters. The van der Waals surface area contributed by atoms with Crippen LogP contribution < -0.4 is 15.5 Å². The number of nitrogens with zero attached hydrogens (tertiary/aromatic N) is 2. The molecule has 2 aliphatic rings. The molecule has 8 heteroatoms. The number of aliphatic hydroxyl groups excluding tert-OH is 1. The maximum Gasteiger partial charge on any atom is 0.191 e. The lowest BCUT2D eigenvalue weighted by Gasteiger charge is -2.59. The van der Waals surface area contributed by atoms with Crippen LogP contribution in [0.3, 0.4) is 0 Å². The van der Waals surface area contributed by atoms with Gasteiger partial charge >= 0.3 is 0 Å². The van der Waals surface area contributed by atoms with Crippen molar-refractivity contribution in [2.75, 3.05) is 31.6 Å². The van der Waals surface area contributed by atoms with Crippen molar-refractivity contribution in [2.24, 2.45) is 10.4 Å². The zero-order chi connectivity index (χ0) is 21.9. The van der Waals surface area contributed by atoms with E-state index in [9.17, 15) is 9.50 Å². The van der Waals surface area contributed by atoms with E-state index in [2.05, 4.69) is 36.4 Å². The normalized spacial score (nSPS) is 26.1. The lowest BCUT2D eigenvalue weighted by molar-refractivity contribution is -0.176. The first-order chi connectivity index (χ1) is 14.2. The maximum absolute atomic E-state index is 14.7. The molecule has 1 saturated heterocycles. The van der Waals surface area contributed by atoms with Crippen LogP contribution in [0, 0.1) is 11.2 Å². The highest BCUT2D eigenvalue weighted by molar-refractivity contribution is 14.0. The average molecular weight is 548 g/mol. The predicted molar refractivity (Wildman–Crippen MR) is 135 cm³/mol. The molecule has 1 aliphatic heterocycles. The first-order valence-corrected chi connectivity index (χ1v) is 11.0. The summed E-state index contributed by atoms with van der Waals surface area (Å²) in [6.07, 6.45) is 2.01. The van der Waals surface area contributed by atoms with Gasteiger partial charge in [-0.3, -0.25) is 0 Å². The van der Waals surface area contributed by atoms with Crippen molar-refractivity contribution in [1.29, 1.82) is 0 Å². The molecule has 2 fully saturated rings.